The standard InChI is InChI=1S/C33H20N4OS/c1-3-13-27-21(8-1)22-9-2-4-14-28(22)37(27)30-15-7-17-32(36-30)38-31-16-6-12-26(35-31)25-11-5-10-24-23-18-19-34-20-29(23)39-33(24)25/h1-20H. The third-order valence-corrected chi connectivity index (χ3v) is 8.22. The summed E-state index contributed by atoms with van der Waals surface area (Å²) in [5.41, 5.74) is 4.15. The Morgan fingerprint density at radius 3 is 2.10 bits per heavy atom. The van der Waals surface area contributed by atoms with Gasteiger partial charge in [-0.15, -0.1) is 11.3 Å². The number of aromatic nitrogens is 4. The van der Waals surface area contributed by atoms with Gasteiger partial charge in [-0.2, -0.15) is 4.98 Å². The third-order valence-electron chi connectivity index (χ3n) is 7.03. The van der Waals surface area contributed by atoms with E-state index in [-0.39, 0.29) is 0 Å². The number of para-hydroxylation sites is 2. The van der Waals surface area contributed by atoms with Crippen LogP contribution < -0.4 is 4.74 Å². The molecule has 5 aromatic heterocycles. The number of hydrogen-bond acceptors (Lipinski definition) is 5. The van der Waals surface area contributed by atoms with Crippen LogP contribution in [-0.2, 0) is 0 Å². The lowest BCUT2D eigenvalue weighted by molar-refractivity contribution is 0.445. The van der Waals surface area contributed by atoms with E-state index in [1.165, 1.54) is 30.9 Å². The van der Waals surface area contributed by atoms with Gasteiger partial charge in [-0.25, -0.2) is 4.98 Å². The molecule has 0 aliphatic heterocycles. The Labute approximate surface area is 227 Å². The van der Waals surface area contributed by atoms with Crippen LogP contribution in [0.2, 0.25) is 0 Å². The summed E-state index contributed by atoms with van der Waals surface area (Å²) in [4.78, 5) is 14.1. The van der Waals surface area contributed by atoms with Crippen molar-refractivity contribution in [1.29, 1.82) is 0 Å². The number of nitrogens with zero attached hydrogens (tertiary/aromatic N) is 4. The van der Waals surface area contributed by atoms with Gasteiger partial charge in [0.05, 0.1) is 21.4 Å². The molecule has 0 atom stereocenters. The number of pyridine rings is 3. The first kappa shape index (κ1) is 22.0. The summed E-state index contributed by atoms with van der Waals surface area (Å²) in [5, 5.41) is 4.82. The molecule has 0 unspecified atom stereocenters. The molecular formula is C33H20N4OS. The number of thiophene rings is 1. The van der Waals surface area contributed by atoms with Gasteiger partial charge in [0.1, 0.15) is 5.82 Å². The van der Waals surface area contributed by atoms with E-state index in [1.807, 2.05) is 48.8 Å². The van der Waals surface area contributed by atoms with Crippen molar-refractivity contribution in [3.05, 3.63) is 122 Å². The second-order valence-electron chi connectivity index (χ2n) is 9.32. The van der Waals surface area contributed by atoms with Crippen molar-refractivity contribution in [2.24, 2.45) is 0 Å². The molecule has 0 saturated heterocycles. The van der Waals surface area contributed by atoms with E-state index in [9.17, 15) is 0 Å². The Hall–Kier alpha value is -5.07. The molecular weight excluding hydrogens is 500 g/mol. The molecule has 39 heavy (non-hydrogen) atoms. The summed E-state index contributed by atoms with van der Waals surface area (Å²) in [6.45, 7) is 0. The first-order valence-electron chi connectivity index (χ1n) is 12.7. The zero-order valence-corrected chi connectivity index (χ0v) is 21.5. The fourth-order valence-electron chi connectivity index (χ4n) is 5.34. The lowest BCUT2D eigenvalue weighted by Gasteiger charge is -2.10. The summed E-state index contributed by atoms with van der Waals surface area (Å²) >= 11 is 1.74. The fourth-order valence-corrected chi connectivity index (χ4v) is 6.53. The molecule has 5 heterocycles. The van der Waals surface area contributed by atoms with Crippen molar-refractivity contribution >= 4 is 53.3 Å². The van der Waals surface area contributed by atoms with Gasteiger partial charge in [0, 0.05) is 56.3 Å². The van der Waals surface area contributed by atoms with Crippen LogP contribution in [0, 0.1) is 0 Å². The van der Waals surface area contributed by atoms with Crippen molar-refractivity contribution < 1.29 is 4.74 Å². The molecule has 8 aromatic rings. The first-order chi connectivity index (χ1) is 19.3. The van der Waals surface area contributed by atoms with Crippen LogP contribution in [0.4, 0.5) is 0 Å². The molecule has 184 valence electrons. The van der Waals surface area contributed by atoms with Crippen LogP contribution in [0.5, 0.6) is 11.8 Å². The summed E-state index contributed by atoms with van der Waals surface area (Å²) < 4.78 is 10.8. The minimum atomic E-state index is 0.491. The van der Waals surface area contributed by atoms with Crippen LogP contribution in [0.15, 0.2) is 122 Å². The van der Waals surface area contributed by atoms with Gasteiger partial charge >= 0.3 is 0 Å². The molecule has 0 aliphatic rings. The van der Waals surface area contributed by atoms with Crippen LogP contribution >= 0.6 is 11.3 Å². The first-order valence-corrected chi connectivity index (χ1v) is 13.5. The second kappa shape index (κ2) is 8.75. The Kier molecular flexibility index (Phi) is 4.93. The Balaban J connectivity index is 1.19. The third kappa shape index (κ3) is 3.57. The molecule has 0 saturated carbocycles. The molecule has 3 aromatic carbocycles. The topological polar surface area (TPSA) is 52.8 Å². The number of benzene rings is 3. The zero-order valence-electron chi connectivity index (χ0n) is 20.7. The second-order valence-corrected chi connectivity index (χ2v) is 10.4. The van der Waals surface area contributed by atoms with Crippen molar-refractivity contribution in [1.82, 2.24) is 19.5 Å². The number of hydrogen-bond donors (Lipinski definition) is 0. The van der Waals surface area contributed by atoms with E-state index < -0.39 is 0 Å². The van der Waals surface area contributed by atoms with E-state index in [0.717, 1.165) is 28.1 Å². The lowest BCUT2D eigenvalue weighted by Crippen LogP contribution is -1.99. The van der Waals surface area contributed by atoms with E-state index in [2.05, 4.69) is 82.3 Å². The summed E-state index contributed by atoms with van der Waals surface area (Å²) in [6, 6.07) is 36.9. The molecule has 0 amide bonds. The number of ether oxygens (including phenoxy) is 1. The quantitative estimate of drug-likeness (QED) is 0.233. The van der Waals surface area contributed by atoms with Crippen LogP contribution in [0.25, 0.3) is 59.1 Å². The Morgan fingerprint density at radius 1 is 0.590 bits per heavy atom. The monoisotopic (exact) mass is 520 g/mol. The highest BCUT2D eigenvalue weighted by Gasteiger charge is 2.14. The SMILES string of the molecule is c1cc(Oc2cccc(-n3c4ccccc4c4ccccc43)n2)nc(-c2cccc3c2sc2cnccc23)c1. The van der Waals surface area contributed by atoms with Gasteiger partial charge in [-0.3, -0.25) is 9.55 Å². The molecule has 0 spiro atoms. The number of fused-ring (bicyclic) bond motifs is 6. The van der Waals surface area contributed by atoms with Crippen LogP contribution in [-0.4, -0.2) is 19.5 Å². The molecule has 0 N–H and O–H groups in total. The summed E-state index contributed by atoms with van der Waals surface area (Å²) in [7, 11) is 0. The van der Waals surface area contributed by atoms with Crippen LogP contribution in [0.3, 0.4) is 0 Å². The van der Waals surface area contributed by atoms with Gasteiger partial charge in [-0.1, -0.05) is 66.7 Å². The van der Waals surface area contributed by atoms with Crippen molar-refractivity contribution in [3.8, 4) is 28.8 Å². The predicted octanol–water partition coefficient (Wildman–Crippen LogP) is 8.80. The lowest BCUT2D eigenvalue weighted by atomic mass is 10.1. The highest BCUT2D eigenvalue weighted by atomic mass is 32.1. The van der Waals surface area contributed by atoms with Gasteiger partial charge in [0.25, 0.3) is 0 Å². The van der Waals surface area contributed by atoms with Crippen molar-refractivity contribution in [2.45, 2.75) is 0 Å². The van der Waals surface area contributed by atoms with Gasteiger partial charge in [0.15, 0.2) is 0 Å². The van der Waals surface area contributed by atoms with Gasteiger partial charge < -0.3 is 4.74 Å². The summed E-state index contributed by atoms with van der Waals surface area (Å²) in [6.07, 6.45) is 3.76. The highest BCUT2D eigenvalue weighted by Crippen LogP contribution is 2.39. The minimum Gasteiger partial charge on any atom is -0.421 e. The highest BCUT2D eigenvalue weighted by molar-refractivity contribution is 7.26. The normalized spacial score (nSPS) is 11.6. The maximum absolute atomic E-state index is 6.23. The Bertz CT molecular complexity index is 2130. The molecule has 0 fully saturated rings. The van der Waals surface area contributed by atoms with E-state index in [4.69, 9.17) is 14.7 Å². The van der Waals surface area contributed by atoms with Crippen LogP contribution in [0.1, 0.15) is 0 Å². The molecule has 0 bridgehead atoms. The van der Waals surface area contributed by atoms with Gasteiger partial charge in [-0.05, 0) is 30.3 Å². The largest absolute Gasteiger partial charge is 0.421 e. The number of rotatable bonds is 4. The maximum atomic E-state index is 6.23. The molecule has 6 heteroatoms. The van der Waals surface area contributed by atoms with Crippen molar-refractivity contribution in [3.63, 3.8) is 0 Å². The molecule has 5 nitrogen and oxygen atoms in total. The smallest absolute Gasteiger partial charge is 0.223 e. The van der Waals surface area contributed by atoms with Crippen molar-refractivity contribution in [2.75, 3.05) is 0 Å². The van der Waals surface area contributed by atoms with E-state index in [0.29, 0.717) is 11.8 Å². The maximum Gasteiger partial charge on any atom is 0.223 e. The summed E-state index contributed by atoms with van der Waals surface area (Å²) in [5.74, 6) is 1.79. The van der Waals surface area contributed by atoms with Gasteiger partial charge in [0.2, 0.25) is 11.8 Å². The predicted molar refractivity (Wildman–Crippen MR) is 159 cm³/mol. The fraction of sp³-hybridized carbons (Fsp3) is 0. The molecule has 0 aliphatic carbocycles. The minimum absolute atomic E-state index is 0.491. The molecule has 8 rings (SSSR count). The molecule has 0 radical (unpaired) electrons. The average molecular weight is 521 g/mol. The Morgan fingerprint density at radius 2 is 1.28 bits per heavy atom. The zero-order chi connectivity index (χ0) is 25.8. The van der Waals surface area contributed by atoms with E-state index in [1.54, 1.807) is 11.3 Å². The van der Waals surface area contributed by atoms with E-state index >= 15 is 0 Å². The average Bonchev–Trinajstić information content (AvgIpc) is 3.53.